The number of carbonyl (C=O) groups is 4. The minimum absolute atomic E-state index is 0.00541. The Bertz CT molecular complexity index is 874. The summed E-state index contributed by atoms with van der Waals surface area (Å²) in [6, 6.07) is 6.93. The smallest absolute Gasteiger partial charge is 0.312 e. The standard InChI is InChI=1S/C22H28N4O5/c1-15-13-18(15)19(27)23-17-4-2-3-16(14-17)20(28)24-5-7-25(8-6-24)21(29)22(30)26-9-11-31-12-10-26/h2-4,14-15,18H,5-13H2,1H3,(H,23,27). The van der Waals surface area contributed by atoms with Crippen molar-refractivity contribution in [2.75, 3.05) is 57.8 Å². The van der Waals surface area contributed by atoms with Gasteiger partial charge in [-0.15, -0.1) is 0 Å². The minimum Gasteiger partial charge on any atom is -0.378 e. The topological polar surface area (TPSA) is 99.3 Å². The van der Waals surface area contributed by atoms with Crippen molar-refractivity contribution >= 4 is 29.3 Å². The van der Waals surface area contributed by atoms with Gasteiger partial charge >= 0.3 is 11.8 Å². The van der Waals surface area contributed by atoms with Crippen molar-refractivity contribution in [2.45, 2.75) is 13.3 Å². The van der Waals surface area contributed by atoms with Crippen LogP contribution in [0.1, 0.15) is 23.7 Å². The van der Waals surface area contributed by atoms with Gasteiger partial charge in [-0.1, -0.05) is 13.0 Å². The van der Waals surface area contributed by atoms with Crippen LogP contribution in [0.4, 0.5) is 5.69 Å². The van der Waals surface area contributed by atoms with Crippen LogP contribution in [0.2, 0.25) is 0 Å². The van der Waals surface area contributed by atoms with Crippen molar-refractivity contribution in [1.82, 2.24) is 14.7 Å². The lowest BCUT2D eigenvalue weighted by molar-refractivity contribution is -0.154. The summed E-state index contributed by atoms with van der Waals surface area (Å²) < 4.78 is 5.22. The molecule has 2 heterocycles. The maximum absolute atomic E-state index is 12.9. The minimum atomic E-state index is -0.520. The Morgan fingerprint density at radius 2 is 1.48 bits per heavy atom. The Morgan fingerprint density at radius 1 is 0.903 bits per heavy atom. The molecule has 9 heteroatoms. The number of hydrogen-bond acceptors (Lipinski definition) is 5. The number of ether oxygens (including phenoxy) is 1. The predicted octanol–water partition coefficient (Wildman–Crippen LogP) is 0.424. The van der Waals surface area contributed by atoms with E-state index in [2.05, 4.69) is 5.32 Å². The molecule has 3 aliphatic rings. The first kappa shape index (κ1) is 21.3. The number of piperazine rings is 1. The number of hydrogen-bond donors (Lipinski definition) is 1. The summed E-state index contributed by atoms with van der Waals surface area (Å²) in [6.45, 7) is 5.14. The molecule has 0 radical (unpaired) electrons. The van der Waals surface area contributed by atoms with Crippen LogP contribution in [-0.4, -0.2) is 90.8 Å². The summed E-state index contributed by atoms with van der Waals surface area (Å²) in [5, 5.41) is 2.88. The lowest BCUT2D eigenvalue weighted by Gasteiger charge is -2.36. The SMILES string of the molecule is CC1CC1C(=O)Nc1cccc(C(=O)N2CCN(C(=O)C(=O)N3CCOCC3)CC2)c1. The second-order valence-electron chi connectivity index (χ2n) is 8.38. The Balaban J connectivity index is 1.31. The highest BCUT2D eigenvalue weighted by Crippen LogP contribution is 2.38. The quantitative estimate of drug-likeness (QED) is 0.704. The van der Waals surface area contributed by atoms with E-state index < -0.39 is 11.8 Å². The highest BCUT2D eigenvalue weighted by Gasteiger charge is 2.39. The van der Waals surface area contributed by atoms with Gasteiger partial charge in [0.2, 0.25) is 5.91 Å². The molecule has 31 heavy (non-hydrogen) atoms. The second-order valence-corrected chi connectivity index (χ2v) is 8.38. The van der Waals surface area contributed by atoms with Crippen LogP contribution in [0.15, 0.2) is 24.3 Å². The lowest BCUT2D eigenvalue weighted by Crippen LogP contribution is -2.55. The molecule has 0 bridgehead atoms. The van der Waals surface area contributed by atoms with Crippen LogP contribution < -0.4 is 5.32 Å². The molecular formula is C22H28N4O5. The summed E-state index contributed by atoms with van der Waals surface area (Å²) in [7, 11) is 0. The van der Waals surface area contributed by atoms with Crippen LogP contribution in [-0.2, 0) is 19.1 Å². The first-order chi connectivity index (χ1) is 14.9. The fraction of sp³-hybridized carbons (Fsp3) is 0.545. The monoisotopic (exact) mass is 428 g/mol. The third-order valence-electron chi connectivity index (χ3n) is 6.16. The second kappa shape index (κ2) is 9.05. The zero-order chi connectivity index (χ0) is 22.0. The van der Waals surface area contributed by atoms with Crippen LogP contribution in [0, 0.1) is 11.8 Å². The van der Waals surface area contributed by atoms with Gasteiger partial charge in [0.25, 0.3) is 5.91 Å². The van der Waals surface area contributed by atoms with Crippen molar-refractivity contribution in [1.29, 1.82) is 0 Å². The average Bonchev–Trinajstić information content (AvgIpc) is 3.55. The number of nitrogens with zero attached hydrogens (tertiary/aromatic N) is 3. The van der Waals surface area contributed by atoms with Gasteiger partial charge in [0.05, 0.1) is 13.2 Å². The van der Waals surface area contributed by atoms with E-state index in [-0.39, 0.29) is 17.7 Å². The number of benzene rings is 1. The summed E-state index contributed by atoms with van der Waals surface area (Å²) in [5.74, 6) is -0.703. The van der Waals surface area contributed by atoms with Gasteiger partial charge in [-0.2, -0.15) is 0 Å². The Kier molecular flexibility index (Phi) is 6.22. The number of nitrogens with one attached hydrogen (secondary N) is 1. The Morgan fingerprint density at radius 3 is 2.10 bits per heavy atom. The molecule has 1 aliphatic carbocycles. The number of carbonyl (C=O) groups excluding carboxylic acids is 4. The molecule has 1 saturated carbocycles. The summed E-state index contributed by atoms with van der Waals surface area (Å²) >= 11 is 0. The van der Waals surface area contributed by atoms with Gasteiger partial charge in [-0.3, -0.25) is 19.2 Å². The van der Waals surface area contributed by atoms with Crippen molar-refractivity contribution < 1.29 is 23.9 Å². The van der Waals surface area contributed by atoms with E-state index in [1.807, 2.05) is 6.92 Å². The summed E-state index contributed by atoms with van der Waals surface area (Å²) in [4.78, 5) is 54.7. The van der Waals surface area contributed by atoms with E-state index in [0.29, 0.717) is 69.7 Å². The highest BCUT2D eigenvalue weighted by atomic mass is 16.5. The molecule has 2 atom stereocenters. The maximum atomic E-state index is 12.9. The van der Waals surface area contributed by atoms with Gasteiger partial charge in [0.1, 0.15) is 0 Å². The normalized spacial score (nSPS) is 23.3. The van der Waals surface area contributed by atoms with Gasteiger partial charge in [-0.05, 0) is 30.5 Å². The first-order valence-electron chi connectivity index (χ1n) is 10.8. The van der Waals surface area contributed by atoms with Crippen LogP contribution >= 0.6 is 0 Å². The van der Waals surface area contributed by atoms with E-state index in [0.717, 1.165) is 6.42 Å². The molecule has 1 aromatic carbocycles. The van der Waals surface area contributed by atoms with Crippen LogP contribution in [0.5, 0.6) is 0 Å². The van der Waals surface area contributed by atoms with Crippen molar-refractivity contribution in [3.8, 4) is 0 Å². The molecule has 1 N–H and O–H groups in total. The number of morpholine rings is 1. The molecule has 2 unspecified atom stereocenters. The van der Waals surface area contributed by atoms with E-state index >= 15 is 0 Å². The molecule has 3 fully saturated rings. The highest BCUT2D eigenvalue weighted by molar-refractivity contribution is 6.35. The molecule has 0 aromatic heterocycles. The molecule has 2 saturated heterocycles. The van der Waals surface area contributed by atoms with Gasteiger partial charge in [0.15, 0.2) is 0 Å². The van der Waals surface area contributed by atoms with Crippen molar-refractivity contribution in [3.05, 3.63) is 29.8 Å². The largest absolute Gasteiger partial charge is 0.378 e. The van der Waals surface area contributed by atoms with Gasteiger partial charge in [-0.25, -0.2) is 0 Å². The van der Waals surface area contributed by atoms with E-state index in [9.17, 15) is 19.2 Å². The third-order valence-corrected chi connectivity index (χ3v) is 6.16. The van der Waals surface area contributed by atoms with E-state index in [1.54, 1.807) is 29.2 Å². The number of amides is 4. The average molecular weight is 428 g/mol. The number of anilines is 1. The maximum Gasteiger partial charge on any atom is 0.312 e. The van der Waals surface area contributed by atoms with Crippen molar-refractivity contribution in [3.63, 3.8) is 0 Å². The Hall–Kier alpha value is -2.94. The zero-order valence-corrected chi connectivity index (χ0v) is 17.7. The molecule has 0 spiro atoms. The molecular weight excluding hydrogens is 400 g/mol. The summed E-state index contributed by atoms with van der Waals surface area (Å²) in [5.41, 5.74) is 1.10. The third kappa shape index (κ3) is 4.87. The molecule has 4 rings (SSSR count). The molecule has 2 aliphatic heterocycles. The molecule has 9 nitrogen and oxygen atoms in total. The first-order valence-corrected chi connectivity index (χ1v) is 10.8. The lowest BCUT2D eigenvalue weighted by atomic mass is 10.1. The predicted molar refractivity (Wildman–Crippen MR) is 112 cm³/mol. The zero-order valence-electron chi connectivity index (χ0n) is 17.7. The van der Waals surface area contributed by atoms with Crippen molar-refractivity contribution in [2.24, 2.45) is 11.8 Å². The molecule has 4 amide bonds. The van der Waals surface area contributed by atoms with Crippen LogP contribution in [0.25, 0.3) is 0 Å². The summed E-state index contributed by atoms with van der Waals surface area (Å²) in [6.07, 6.45) is 0.904. The fourth-order valence-corrected chi connectivity index (χ4v) is 3.98. The van der Waals surface area contributed by atoms with E-state index in [1.165, 1.54) is 9.80 Å². The Labute approximate surface area is 181 Å². The molecule has 166 valence electrons. The van der Waals surface area contributed by atoms with E-state index in [4.69, 9.17) is 4.74 Å². The fourth-order valence-electron chi connectivity index (χ4n) is 3.98. The van der Waals surface area contributed by atoms with Crippen LogP contribution in [0.3, 0.4) is 0 Å². The number of rotatable bonds is 3. The molecule has 1 aromatic rings. The van der Waals surface area contributed by atoms with Gasteiger partial charge < -0.3 is 24.8 Å². The van der Waals surface area contributed by atoms with Gasteiger partial charge in [0, 0.05) is 56.4 Å².